The quantitative estimate of drug-likeness (QED) is 0.814. The van der Waals surface area contributed by atoms with Crippen molar-refractivity contribution in [1.29, 1.82) is 0 Å². The lowest BCUT2D eigenvalue weighted by molar-refractivity contribution is 0.0989. The molecule has 2 heterocycles. The van der Waals surface area contributed by atoms with Crippen LogP contribution < -0.4 is 0 Å². The molecule has 0 amide bonds. The summed E-state index contributed by atoms with van der Waals surface area (Å²) in [7, 11) is 3.70. The van der Waals surface area contributed by atoms with Crippen molar-refractivity contribution in [2.75, 3.05) is 0 Å². The predicted molar refractivity (Wildman–Crippen MR) is 76.4 cm³/mol. The number of hydrogen-bond donors (Lipinski definition) is 0. The van der Waals surface area contributed by atoms with Crippen LogP contribution in [0.2, 0.25) is 0 Å². The summed E-state index contributed by atoms with van der Waals surface area (Å²) in [5.74, 6) is 0.0757. The van der Waals surface area contributed by atoms with E-state index in [9.17, 15) is 4.79 Å². The first kappa shape index (κ1) is 14.0. The number of carbonyl (C=O) groups is 1. The number of ketones is 1. The van der Waals surface area contributed by atoms with Gasteiger partial charge in [-0.2, -0.15) is 10.2 Å². The van der Waals surface area contributed by atoms with Crippen LogP contribution in [-0.2, 0) is 20.5 Å². The zero-order chi connectivity index (χ0) is 14.3. The van der Waals surface area contributed by atoms with Crippen LogP contribution in [-0.4, -0.2) is 25.3 Å². The van der Waals surface area contributed by atoms with Crippen molar-refractivity contribution >= 4 is 21.7 Å². The molecule has 2 aromatic heterocycles. The molecule has 0 fully saturated rings. The van der Waals surface area contributed by atoms with E-state index in [0.29, 0.717) is 12.0 Å². The van der Waals surface area contributed by atoms with Gasteiger partial charge in [0.15, 0.2) is 5.78 Å². The van der Waals surface area contributed by atoms with Crippen molar-refractivity contribution in [2.45, 2.75) is 27.2 Å². The van der Waals surface area contributed by atoms with Gasteiger partial charge in [-0.1, -0.05) is 0 Å². The SMILES string of the molecule is Cc1nn(C)c(CC(=O)c2c(C)nn(C)c2C)c1Br. The van der Waals surface area contributed by atoms with Crippen LogP contribution in [0.1, 0.15) is 33.1 Å². The molecule has 0 radical (unpaired) electrons. The number of aryl methyl sites for hydroxylation is 4. The third-order valence-electron chi connectivity index (χ3n) is 3.38. The summed E-state index contributed by atoms with van der Waals surface area (Å²) in [6.45, 7) is 5.69. The average Bonchev–Trinajstić information content (AvgIpc) is 2.70. The van der Waals surface area contributed by atoms with E-state index in [-0.39, 0.29) is 5.78 Å². The van der Waals surface area contributed by atoms with E-state index < -0.39 is 0 Å². The smallest absolute Gasteiger partial charge is 0.172 e. The minimum absolute atomic E-state index is 0.0757. The summed E-state index contributed by atoms with van der Waals surface area (Å²) in [5.41, 5.74) is 4.18. The van der Waals surface area contributed by atoms with Crippen molar-refractivity contribution in [3.63, 3.8) is 0 Å². The lowest BCUT2D eigenvalue weighted by Gasteiger charge is -2.03. The first-order valence-corrected chi connectivity index (χ1v) is 6.83. The first-order chi connectivity index (χ1) is 8.82. The Labute approximate surface area is 120 Å². The highest BCUT2D eigenvalue weighted by atomic mass is 79.9. The van der Waals surface area contributed by atoms with Crippen LogP contribution in [0.25, 0.3) is 0 Å². The Bertz CT molecular complexity index is 654. The van der Waals surface area contributed by atoms with Gasteiger partial charge in [-0.3, -0.25) is 14.2 Å². The van der Waals surface area contributed by atoms with Gasteiger partial charge in [0.25, 0.3) is 0 Å². The molecule has 0 N–H and O–H groups in total. The van der Waals surface area contributed by atoms with Crippen molar-refractivity contribution in [3.8, 4) is 0 Å². The molecule has 0 unspecified atom stereocenters. The fourth-order valence-corrected chi connectivity index (χ4v) is 2.77. The molecule has 0 saturated carbocycles. The lowest BCUT2D eigenvalue weighted by Crippen LogP contribution is -2.10. The fourth-order valence-electron chi connectivity index (χ4n) is 2.29. The second-order valence-electron chi connectivity index (χ2n) is 4.74. The summed E-state index contributed by atoms with van der Waals surface area (Å²) in [5, 5.41) is 8.59. The third-order valence-corrected chi connectivity index (χ3v) is 4.41. The van der Waals surface area contributed by atoms with E-state index in [1.54, 1.807) is 9.36 Å². The van der Waals surface area contributed by atoms with E-state index in [0.717, 1.165) is 27.2 Å². The average molecular weight is 325 g/mol. The number of hydrogen-bond acceptors (Lipinski definition) is 3. The van der Waals surface area contributed by atoms with Crippen LogP contribution in [0, 0.1) is 20.8 Å². The molecule has 19 heavy (non-hydrogen) atoms. The molecule has 0 spiro atoms. The van der Waals surface area contributed by atoms with Crippen molar-refractivity contribution in [3.05, 3.63) is 32.8 Å². The first-order valence-electron chi connectivity index (χ1n) is 6.04. The highest BCUT2D eigenvalue weighted by Crippen LogP contribution is 2.23. The Kier molecular flexibility index (Phi) is 3.62. The van der Waals surface area contributed by atoms with E-state index in [1.165, 1.54) is 0 Å². The third kappa shape index (κ3) is 2.36. The van der Waals surface area contributed by atoms with E-state index in [1.807, 2.05) is 34.9 Å². The van der Waals surface area contributed by atoms with E-state index in [4.69, 9.17) is 0 Å². The van der Waals surface area contributed by atoms with E-state index in [2.05, 4.69) is 26.1 Å². The van der Waals surface area contributed by atoms with Crippen molar-refractivity contribution < 1.29 is 4.79 Å². The molecule has 2 aromatic rings. The Balaban J connectivity index is 2.36. The second kappa shape index (κ2) is 4.92. The summed E-state index contributed by atoms with van der Waals surface area (Å²) in [6, 6.07) is 0. The van der Waals surface area contributed by atoms with Crippen LogP contribution in [0.3, 0.4) is 0 Å². The number of nitrogens with zero attached hydrogens (tertiary/aromatic N) is 4. The van der Waals surface area contributed by atoms with E-state index >= 15 is 0 Å². The van der Waals surface area contributed by atoms with Gasteiger partial charge in [-0.15, -0.1) is 0 Å². The topological polar surface area (TPSA) is 52.7 Å². The molecule has 0 aliphatic carbocycles. The molecule has 0 aliphatic heterocycles. The summed E-state index contributed by atoms with van der Waals surface area (Å²) < 4.78 is 4.40. The van der Waals surface area contributed by atoms with Gasteiger partial charge in [-0.25, -0.2) is 0 Å². The molecular formula is C13H17BrN4O. The number of rotatable bonds is 3. The zero-order valence-corrected chi connectivity index (χ0v) is 13.4. The van der Waals surface area contributed by atoms with Gasteiger partial charge in [-0.05, 0) is 36.7 Å². The molecule has 0 aliphatic rings. The number of carbonyl (C=O) groups excluding carboxylic acids is 1. The monoisotopic (exact) mass is 324 g/mol. The normalized spacial score (nSPS) is 11.1. The number of halogens is 1. The molecule has 0 saturated heterocycles. The highest BCUT2D eigenvalue weighted by molar-refractivity contribution is 9.10. The van der Waals surface area contributed by atoms with Gasteiger partial charge in [0.05, 0.1) is 33.5 Å². The molecule has 6 heteroatoms. The van der Waals surface area contributed by atoms with Crippen LogP contribution in [0.15, 0.2) is 4.47 Å². The molecular weight excluding hydrogens is 308 g/mol. The zero-order valence-electron chi connectivity index (χ0n) is 11.8. The number of aromatic nitrogens is 4. The molecule has 5 nitrogen and oxygen atoms in total. The Morgan fingerprint density at radius 3 is 2.11 bits per heavy atom. The molecule has 2 rings (SSSR count). The minimum atomic E-state index is 0.0757. The Hall–Kier alpha value is -1.43. The summed E-state index contributed by atoms with van der Waals surface area (Å²) >= 11 is 3.49. The fraction of sp³-hybridized carbons (Fsp3) is 0.462. The maximum atomic E-state index is 12.5. The van der Waals surface area contributed by atoms with Gasteiger partial charge >= 0.3 is 0 Å². The highest BCUT2D eigenvalue weighted by Gasteiger charge is 2.21. The van der Waals surface area contributed by atoms with Crippen LogP contribution >= 0.6 is 15.9 Å². The molecule has 102 valence electrons. The standard InChI is InChI=1S/C13H17BrN4O/c1-7-12(9(3)17(4)15-7)11(19)6-10-13(14)8(2)16-18(10)5/h6H2,1-5H3. The largest absolute Gasteiger partial charge is 0.294 e. The number of Topliss-reactive ketones (excluding diaryl/α,β-unsaturated/α-hetero) is 1. The molecule has 0 atom stereocenters. The Morgan fingerprint density at radius 1 is 1.11 bits per heavy atom. The maximum Gasteiger partial charge on any atom is 0.172 e. The van der Waals surface area contributed by atoms with Crippen molar-refractivity contribution in [1.82, 2.24) is 19.6 Å². The predicted octanol–water partition coefficient (Wildman–Crippen LogP) is 2.27. The maximum absolute atomic E-state index is 12.5. The van der Waals surface area contributed by atoms with Gasteiger partial charge in [0.2, 0.25) is 0 Å². The van der Waals surface area contributed by atoms with Gasteiger partial charge in [0, 0.05) is 19.8 Å². The minimum Gasteiger partial charge on any atom is -0.294 e. The lowest BCUT2D eigenvalue weighted by atomic mass is 10.0. The molecule has 0 bridgehead atoms. The Morgan fingerprint density at radius 2 is 1.68 bits per heavy atom. The molecule has 0 aromatic carbocycles. The summed E-state index contributed by atoms with van der Waals surface area (Å²) in [4.78, 5) is 12.5. The van der Waals surface area contributed by atoms with Gasteiger partial charge < -0.3 is 0 Å². The van der Waals surface area contributed by atoms with Gasteiger partial charge in [0.1, 0.15) is 0 Å². The van der Waals surface area contributed by atoms with Crippen molar-refractivity contribution in [2.24, 2.45) is 14.1 Å². The summed E-state index contributed by atoms with van der Waals surface area (Å²) in [6.07, 6.45) is 0.325. The van der Waals surface area contributed by atoms with Crippen LogP contribution in [0.5, 0.6) is 0 Å². The van der Waals surface area contributed by atoms with Crippen LogP contribution in [0.4, 0.5) is 0 Å². The second-order valence-corrected chi connectivity index (χ2v) is 5.53.